The molecular formula is C27H30O14. The molecule has 0 spiro atoms. The number of aliphatic hydroxyl groups is 6. The number of phenols is 2. The third-order valence-corrected chi connectivity index (χ3v) is 7.14. The Hall–Kier alpha value is -3.47. The summed E-state index contributed by atoms with van der Waals surface area (Å²) in [7, 11) is 0. The van der Waals surface area contributed by atoms with Crippen molar-refractivity contribution in [2.24, 2.45) is 0 Å². The second-order valence-corrected chi connectivity index (χ2v) is 10.1. The van der Waals surface area contributed by atoms with Gasteiger partial charge in [0.25, 0.3) is 0 Å². The largest absolute Gasteiger partial charge is 0.508 e. The molecule has 14 heteroatoms. The predicted octanol–water partition coefficient (Wildman–Crippen LogP) is -0.716. The maximum atomic E-state index is 13.7. The van der Waals surface area contributed by atoms with Gasteiger partial charge in [-0.3, -0.25) is 4.79 Å². The number of aliphatic hydroxyl groups excluding tert-OH is 6. The molecule has 1 aromatic heterocycles. The number of hydrogen-bond donors (Lipinski definition) is 8. The van der Waals surface area contributed by atoms with Crippen molar-refractivity contribution in [3.63, 3.8) is 0 Å². The van der Waals surface area contributed by atoms with E-state index >= 15 is 0 Å². The van der Waals surface area contributed by atoms with E-state index in [4.69, 9.17) is 23.4 Å². The van der Waals surface area contributed by atoms with Gasteiger partial charge in [0, 0.05) is 17.7 Å². The average molecular weight is 579 g/mol. The Morgan fingerprint density at radius 3 is 1.80 bits per heavy atom. The van der Waals surface area contributed by atoms with Gasteiger partial charge in [0.2, 0.25) is 23.8 Å². The molecule has 0 amide bonds. The van der Waals surface area contributed by atoms with Crippen molar-refractivity contribution in [2.75, 3.05) is 0 Å². The van der Waals surface area contributed by atoms with Crippen molar-refractivity contribution in [1.82, 2.24) is 0 Å². The minimum atomic E-state index is -1.76. The van der Waals surface area contributed by atoms with Crippen LogP contribution in [0.5, 0.6) is 23.0 Å². The van der Waals surface area contributed by atoms with Gasteiger partial charge in [-0.25, -0.2) is 0 Å². The van der Waals surface area contributed by atoms with Gasteiger partial charge in [0.1, 0.15) is 64.8 Å². The molecule has 2 fully saturated rings. The zero-order chi connectivity index (χ0) is 29.7. The molecule has 0 radical (unpaired) electrons. The van der Waals surface area contributed by atoms with E-state index in [1.54, 1.807) is 0 Å². The first-order chi connectivity index (χ1) is 19.4. The molecule has 2 aromatic carbocycles. The highest BCUT2D eigenvalue weighted by molar-refractivity contribution is 5.88. The van der Waals surface area contributed by atoms with Crippen molar-refractivity contribution < 1.29 is 64.2 Å². The third kappa shape index (κ3) is 5.31. The summed E-state index contributed by atoms with van der Waals surface area (Å²) in [4.78, 5) is 13.7. The first-order valence-corrected chi connectivity index (χ1v) is 12.7. The maximum Gasteiger partial charge on any atom is 0.239 e. The molecule has 2 saturated heterocycles. The monoisotopic (exact) mass is 578 g/mol. The van der Waals surface area contributed by atoms with E-state index in [2.05, 4.69) is 0 Å². The highest BCUT2D eigenvalue weighted by atomic mass is 16.7. The second kappa shape index (κ2) is 11.1. The van der Waals surface area contributed by atoms with Crippen LogP contribution in [0, 0.1) is 0 Å². The lowest BCUT2D eigenvalue weighted by molar-refractivity contribution is -0.268. The number of hydrogen-bond acceptors (Lipinski definition) is 14. The van der Waals surface area contributed by atoms with Crippen molar-refractivity contribution in [1.29, 1.82) is 0 Å². The Kier molecular flexibility index (Phi) is 7.84. The van der Waals surface area contributed by atoms with Crippen LogP contribution in [0.4, 0.5) is 0 Å². The molecule has 0 aliphatic carbocycles. The molecule has 5 rings (SSSR count). The molecule has 0 saturated carbocycles. The van der Waals surface area contributed by atoms with Crippen molar-refractivity contribution in [3.8, 4) is 34.3 Å². The molecule has 2 aliphatic rings. The highest BCUT2D eigenvalue weighted by Crippen LogP contribution is 2.38. The van der Waals surface area contributed by atoms with E-state index in [9.17, 15) is 45.6 Å². The summed E-state index contributed by atoms with van der Waals surface area (Å²) in [6, 6.07) is 7.71. The van der Waals surface area contributed by atoms with E-state index in [-0.39, 0.29) is 33.8 Å². The average Bonchev–Trinajstić information content (AvgIpc) is 2.93. The number of ether oxygens (including phenoxy) is 4. The standard InChI is InChI=1S/C27H30O14/c1-9-17(30)20(33)22(35)26(37-9)39-13-7-14(29)16-15(8-13)40-24(11-3-5-12(28)6-4-11)25(19(16)32)41-27-23(36)21(34)18(31)10(2)38-27/h3-10,17-18,20-23,26-31,33-36H,1-2H3/t9-,10+,17+,18+,20+,21-,22+,23-,26+,27+/m1/s1. The van der Waals surface area contributed by atoms with Crippen LogP contribution in [-0.4, -0.2) is 102 Å². The molecule has 2 aliphatic heterocycles. The smallest absolute Gasteiger partial charge is 0.239 e. The molecule has 0 unspecified atom stereocenters. The molecule has 14 nitrogen and oxygen atoms in total. The van der Waals surface area contributed by atoms with Gasteiger partial charge in [-0.1, -0.05) is 0 Å². The summed E-state index contributed by atoms with van der Waals surface area (Å²) in [5, 5.41) is 81.1. The highest BCUT2D eigenvalue weighted by Gasteiger charge is 2.45. The lowest BCUT2D eigenvalue weighted by Gasteiger charge is -2.39. The Balaban J connectivity index is 1.58. The van der Waals surface area contributed by atoms with Gasteiger partial charge < -0.3 is 64.2 Å². The summed E-state index contributed by atoms with van der Waals surface area (Å²) in [5.41, 5.74) is -0.865. The van der Waals surface area contributed by atoms with Crippen LogP contribution < -0.4 is 14.9 Å². The van der Waals surface area contributed by atoms with Crippen molar-refractivity contribution in [2.45, 2.75) is 75.3 Å². The minimum Gasteiger partial charge on any atom is -0.508 e. The molecule has 222 valence electrons. The fourth-order valence-electron chi connectivity index (χ4n) is 4.71. The van der Waals surface area contributed by atoms with Crippen molar-refractivity contribution >= 4 is 11.0 Å². The molecule has 8 N–H and O–H groups in total. The Labute approximate surface area is 231 Å². The number of benzene rings is 2. The molecule has 41 heavy (non-hydrogen) atoms. The molecule has 3 heterocycles. The number of phenolic OH excluding ortho intramolecular Hbond substituents is 2. The summed E-state index contributed by atoms with van der Waals surface area (Å²) in [5.74, 6) is -1.55. The van der Waals surface area contributed by atoms with Crippen LogP contribution in [-0.2, 0) is 9.47 Å². The Morgan fingerprint density at radius 1 is 0.707 bits per heavy atom. The van der Waals surface area contributed by atoms with Crippen LogP contribution in [0.25, 0.3) is 22.3 Å². The first kappa shape index (κ1) is 29.0. The Morgan fingerprint density at radius 2 is 1.24 bits per heavy atom. The van der Waals surface area contributed by atoms with E-state index in [0.29, 0.717) is 0 Å². The zero-order valence-corrected chi connectivity index (χ0v) is 21.8. The van der Waals surface area contributed by atoms with Gasteiger partial charge in [0.15, 0.2) is 5.76 Å². The quantitative estimate of drug-likeness (QED) is 0.187. The van der Waals surface area contributed by atoms with Gasteiger partial charge in [-0.05, 0) is 38.1 Å². The first-order valence-electron chi connectivity index (χ1n) is 12.7. The molecule has 10 atom stereocenters. The fourth-order valence-corrected chi connectivity index (χ4v) is 4.71. The summed E-state index contributed by atoms with van der Waals surface area (Å²) in [6.07, 6.45) is -14.3. The zero-order valence-electron chi connectivity index (χ0n) is 21.8. The van der Waals surface area contributed by atoms with Crippen LogP contribution in [0.1, 0.15) is 13.8 Å². The lowest BCUT2D eigenvalue weighted by Crippen LogP contribution is -2.58. The third-order valence-electron chi connectivity index (χ3n) is 7.14. The number of rotatable bonds is 5. The van der Waals surface area contributed by atoms with Crippen molar-refractivity contribution in [3.05, 3.63) is 46.6 Å². The van der Waals surface area contributed by atoms with E-state index in [1.165, 1.54) is 44.2 Å². The fraction of sp³-hybridized carbons (Fsp3) is 0.444. The van der Waals surface area contributed by atoms with E-state index in [0.717, 1.165) is 6.07 Å². The number of aromatic hydroxyl groups is 2. The van der Waals surface area contributed by atoms with Crippen LogP contribution in [0.15, 0.2) is 45.6 Å². The topological polar surface area (TPSA) is 229 Å². The molecule has 3 aromatic rings. The van der Waals surface area contributed by atoms with Crippen LogP contribution >= 0.6 is 0 Å². The van der Waals surface area contributed by atoms with Gasteiger partial charge in [-0.15, -0.1) is 0 Å². The van der Waals surface area contributed by atoms with Crippen LogP contribution in [0.3, 0.4) is 0 Å². The SMILES string of the molecule is C[C@@H]1O[C@@H](Oc2c(-c3ccc(O)cc3)oc3cc(O[C@@H]4O[C@H](C)[C@H](O)[C@H](O)[C@@H]4O)cc(O)c3c2=O)[C@H](O)[C@H](O)[C@H]1O. The van der Waals surface area contributed by atoms with E-state index in [1.807, 2.05) is 0 Å². The molecular weight excluding hydrogens is 548 g/mol. The second-order valence-electron chi connectivity index (χ2n) is 10.1. The molecule has 0 bridgehead atoms. The summed E-state index contributed by atoms with van der Waals surface area (Å²) < 4.78 is 28.2. The normalized spacial score (nSPS) is 34.0. The minimum absolute atomic E-state index is 0.0859. The van der Waals surface area contributed by atoms with Gasteiger partial charge >= 0.3 is 0 Å². The van der Waals surface area contributed by atoms with Crippen LogP contribution in [0.2, 0.25) is 0 Å². The predicted molar refractivity (Wildman–Crippen MR) is 137 cm³/mol. The van der Waals surface area contributed by atoms with Gasteiger partial charge in [0.05, 0.1) is 12.2 Å². The number of fused-ring (bicyclic) bond motifs is 1. The lowest BCUT2D eigenvalue weighted by atomic mass is 10.00. The maximum absolute atomic E-state index is 13.7. The summed E-state index contributed by atoms with van der Waals surface area (Å²) in [6.45, 7) is 2.90. The Bertz CT molecular complexity index is 1460. The van der Waals surface area contributed by atoms with Gasteiger partial charge in [-0.2, -0.15) is 0 Å². The summed E-state index contributed by atoms with van der Waals surface area (Å²) >= 11 is 0. The van der Waals surface area contributed by atoms with E-state index < -0.39 is 78.3 Å².